The summed E-state index contributed by atoms with van der Waals surface area (Å²) in [5.41, 5.74) is 0.0894. The fourth-order valence-corrected chi connectivity index (χ4v) is 1.65. The van der Waals surface area contributed by atoms with E-state index in [9.17, 15) is 9.90 Å². The Morgan fingerprint density at radius 3 is 2.78 bits per heavy atom. The van der Waals surface area contributed by atoms with E-state index < -0.39 is 5.60 Å². The van der Waals surface area contributed by atoms with Crippen molar-refractivity contribution in [2.24, 2.45) is 0 Å². The van der Waals surface area contributed by atoms with Gasteiger partial charge in [-0.25, -0.2) is 0 Å². The van der Waals surface area contributed by atoms with Crippen molar-refractivity contribution < 1.29 is 9.90 Å². The molecule has 0 aliphatic rings. The minimum absolute atomic E-state index is 0.209. The predicted octanol–water partition coefficient (Wildman–Crippen LogP) is 2.74. The van der Waals surface area contributed by atoms with Crippen molar-refractivity contribution >= 4 is 27.9 Å². The highest BCUT2D eigenvalue weighted by Crippen LogP contribution is 2.16. The number of hydrogen-bond donors (Lipinski definition) is 2. The van der Waals surface area contributed by atoms with Crippen molar-refractivity contribution in [1.82, 2.24) is 5.32 Å². The zero-order chi connectivity index (χ0) is 13.6. The van der Waals surface area contributed by atoms with E-state index in [4.69, 9.17) is 0 Å². The first kappa shape index (κ1) is 14.9. The number of benzene rings is 1. The second-order valence-corrected chi connectivity index (χ2v) is 5.28. The molecular formula is C14H18BrNO2. The fourth-order valence-electron chi connectivity index (χ4n) is 1.24. The second-order valence-electron chi connectivity index (χ2n) is 4.42. The summed E-state index contributed by atoms with van der Waals surface area (Å²) in [5.74, 6) is -0.209. The third-order valence-electron chi connectivity index (χ3n) is 2.72. The number of rotatable bonds is 5. The van der Waals surface area contributed by atoms with Crippen LogP contribution in [0.5, 0.6) is 0 Å². The van der Waals surface area contributed by atoms with Crippen LogP contribution in [0.3, 0.4) is 0 Å². The van der Waals surface area contributed by atoms with Crippen LogP contribution in [0.4, 0.5) is 0 Å². The summed E-state index contributed by atoms with van der Waals surface area (Å²) < 4.78 is 0.939. The Morgan fingerprint density at radius 2 is 2.17 bits per heavy atom. The smallest absolute Gasteiger partial charge is 0.244 e. The molecule has 0 bridgehead atoms. The van der Waals surface area contributed by atoms with E-state index in [0.717, 1.165) is 10.0 Å². The van der Waals surface area contributed by atoms with Crippen LogP contribution in [0.1, 0.15) is 25.8 Å². The minimum atomic E-state index is -0.850. The van der Waals surface area contributed by atoms with Crippen LogP contribution in [0.2, 0.25) is 0 Å². The number of hydrogen-bond acceptors (Lipinski definition) is 2. The van der Waals surface area contributed by atoms with Crippen molar-refractivity contribution in [1.29, 1.82) is 0 Å². The fraction of sp³-hybridized carbons (Fsp3) is 0.357. The van der Waals surface area contributed by atoms with Gasteiger partial charge in [0, 0.05) is 17.1 Å². The van der Waals surface area contributed by atoms with Gasteiger partial charge in [-0.05, 0) is 31.1 Å². The van der Waals surface area contributed by atoms with Crippen molar-refractivity contribution in [2.75, 3.05) is 6.54 Å². The second kappa shape index (κ2) is 6.71. The predicted molar refractivity (Wildman–Crippen MR) is 77.1 cm³/mol. The molecule has 0 fully saturated rings. The maximum atomic E-state index is 11.6. The zero-order valence-corrected chi connectivity index (χ0v) is 12.2. The number of carbonyl (C=O) groups excluding carboxylic acids is 1. The average Bonchev–Trinajstić information content (AvgIpc) is 2.35. The summed E-state index contributed by atoms with van der Waals surface area (Å²) >= 11 is 3.41. The van der Waals surface area contributed by atoms with E-state index in [2.05, 4.69) is 21.2 Å². The number of amides is 1. The molecule has 1 aromatic rings. The lowest BCUT2D eigenvalue weighted by Crippen LogP contribution is -2.39. The lowest BCUT2D eigenvalue weighted by molar-refractivity contribution is -0.117. The van der Waals surface area contributed by atoms with Crippen LogP contribution < -0.4 is 5.32 Å². The van der Waals surface area contributed by atoms with E-state index in [1.54, 1.807) is 13.0 Å². The summed E-state index contributed by atoms with van der Waals surface area (Å²) in [5, 5.41) is 12.4. The molecule has 2 N–H and O–H groups in total. The van der Waals surface area contributed by atoms with E-state index in [1.165, 1.54) is 6.08 Å². The standard InChI is InChI=1S/C14H18BrNO2/c1-3-14(2,18)10-16-13(17)9-8-11-6-4-5-7-12(11)15/h4-9,18H,3,10H2,1-2H3,(H,16,17). The summed E-state index contributed by atoms with van der Waals surface area (Å²) in [7, 11) is 0. The molecule has 0 saturated heterocycles. The monoisotopic (exact) mass is 311 g/mol. The zero-order valence-electron chi connectivity index (χ0n) is 10.6. The molecule has 0 heterocycles. The van der Waals surface area contributed by atoms with Crippen molar-refractivity contribution in [3.63, 3.8) is 0 Å². The van der Waals surface area contributed by atoms with Gasteiger partial charge in [-0.3, -0.25) is 4.79 Å². The molecule has 18 heavy (non-hydrogen) atoms. The average molecular weight is 312 g/mol. The highest BCUT2D eigenvalue weighted by Gasteiger charge is 2.17. The Labute approximate surface area is 116 Å². The summed E-state index contributed by atoms with van der Waals surface area (Å²) in [6, 6.07) is 7.65. The molecule has 3 nitrogen and oxygen atoms in total. The number of aliphatic hydroxyl groups is 1. The summed E-state index contributed by atoms with van der Waals surface area (Å²) in [4.78, 5) is 11.6. The van der Waals surface area contributed by atoms with E-state index in [0.29, 0.717) is 6.42 Å². The molecule has 1 atom stereocenters. The van der Waals surface area contributed by atoms with Crippen molar-refractivity contribution in [3.8, 4) is 0 Å². The molecule has 4 heteroatoms. The van der Waals surface area contributed by atoms with Gasteiger partial charge in [-0.1, -0.05) is 41.1 Å². The molecule has 1 unspecified atom stereocenters. The van der Waals surface area contributed by atoms with E-state index >= 15 is 0 Å². The van der Waals surface area contributed by atoms with E-state index in [1.807, 2.05) is 31.2 Å². The molecule has 0 aliphatic carbocycles. The minimum Gasteiger partial charge on any atom is -0.388 e. The van der Waals surface area contributed by atoms with Crippen LogP contribution in [0.25, 0.3) is 6.08 Å². The van der Waals surface area contributed by atoms with Gasteiger partial charge >= 0.3 is 0 Å². The van der Waals surface area contributed by atoms with Crippen molar-refractivity contribution in [3.05, 3.63) is 40.4 Å². The largest absolute Gasteiger partial charge is 0.388 e. The summed E-state index contributed by atoms with van der Waals surface area (Å²) in [6.45, 7) is 3.83. The molecule has 0 spiro atoms. The maximum Gasteiger partial charge on any atom is 0.244 e. The molecular weight excluding hydrogens is 294 g/mol. The maximum absolute atomic E-state index is 11.6. The van der Waals surface area contributed by atoms with E-state index in [-0.39, 0.29) is 12.5 Å². The van der Waals surface area contributed by atoms with Gasteiger partial charge in [0.05, 0.1) is 5.60 Å². The SMILES string of the molecule is CCC(C)(O)CNC(=O)C=Cc1ccccc1Br. The highest BCUT2D eigenvalue weighted by molar-refractivity contribution is 9.10. The van der Waals surface area contributed by atoms with Gasteiger partial charge in [0.1, 0.15) is 0 Å². The molecule has 0 aromatic heterocycles. The molecule has 0 radical (unpaired) electrons. The van der Waals surface area contributed by atoms with Crippen LogP contribution in [-0.2, 0) is 4.79 Å². The number of nitrogens with one attached hydrogen (secondary N) is 1. The van der Waals surface area contributed by atoms with Crippen LogP contribution >= 0.6 is 15.9 Å². The van der Waals surface area contributed by atoms with Gasteiger partial charge in [-0.15, -0.1) is 0 Å². The molecule has 1 aromatic carbocycles. The normalized spacial score (nSPS) is 14.4. The Bertz CT molecular complexity index is 441. The van der Waals surface area contributed by atoms with Gasteiger partial charge < -0.3 is 10.4 Å². The quantitative estimate of drug-likeness (QED) is 0.821. The number of carbonyl (C=O) groups is 1. The third-order valence-corrected chi connectivity index (χ3v) is 3.45. The highest BCUT2D eigenvalue weighted by atomic mass is 79.9. The first-order valence-electron chi connectivity index (χ1n) is 5.87. The van der Waals surface area contributed by atoms with Crippen LogP contribution in [0.15, 0.2) is 34.8 Å². The van der Waals surface area contributed by atoms with Crippen LogP contribution in [0, 0.1) is 0 Å². The van der Waals surface area contributed by atoms with Gasteiger partial charge in [0.15, 0.2) is 0 Å². The molecule has 1 amide bonds. The first-order valence-corrected chi connectivity index (χ1v) is 6.67. The molecule has 98 valence electrons. The summed E-state index contributed by atoms with van der Waals surface area (Å²) in [6.07, 6.45) is 3.80. The first-order chi connectivity index (χ1) is 8.44. The Morgan fingerprint density at radius 1 is 1.50 bits per heavy atom. The Balaban J connectivity index is 2.53. The van der Waals surface area contributed by atoms with Gasteiger partial charge in [0.2, 0.25) is 5.91 Å². The lowest BCUT2D eigenvalue weighted by atomic mass is 10.0. The van der Waals surface area contributed by atoms with Gasteiger partial charge in [0.25, 0.3) is 0 Å². The lowest BCUT2D eigenvalue weighted by Gasteiger charge is -2.20. The van der Waals surface area contributed by atoms with Crippen LogP contribution in [-0.4, -0.2) is 23.2 Å². The number of halogens is 1. The molecule has 0 saturated carbocycles. The Kier molecular flexibility index (Phi) is 5.56. The molecule has 1 rings (SSSR count). The topological polar surface area (TPSA) is 49.3 Å². The Hall–Kier alpha value is -1.13. The third kappa shape index (κ3) is 5.02. The molecule has 0 aliphatic heterocycles. The van der Waals surface area contributed by atoms with Crippen molar-refractivity contribution in [2.45, 2.75) is 25.9 Å². The van der Waals surface area contributed by atoms with Gasteiger partial charge in [-0.2, -0.15) is 0 Å².